The van der Waals surface area contributed by atoms with Gasteiger partial charge in [0.25, 0.3) is 5.56 Å². The first-order chi connectivity index (χ1) is 10.1. The predicted octanol–water partition coefficient (Wildman–Crippen LogP) is 0.833. The smallest absolute Gasteiger partial charge is 0.325 e. The quantitative estimate of drug-likeness (QED) is 0.754. The van der Waals surface area contributed by atoms with Gasteiger partial charge in [-0.2, -0.15) is 0 Å². The second-order valence-electron chi connectivity index (χ2n) is 4.02. The Bertz CT molecular complexity index is 725. The minimum atomic E-state index is -0.574. The molecule has 21 heavy (non-hydrogen) atoms. The molecular formula is C13H15N3O5. The molecule has 0 aliphatic carbocycles. The minimum Gasteiger partial charge on any atom is -0.493 e. The number of methoxy groups -OCH3 is 3. The van der Waals surface area contributed by atoms with Crippen molar-refractivity contribution < 1.29 is 14.2 Å². The van der Waals surface area contributed by atoms with Crippen LogP contribution in [0.2, 0.25) is 0 Å². The van der Waals surface area contributed by atoms with Gasteiger partial charge < -0.3 is 24.5 Å². The Morgan fingerprint density at radius 2 is 1.62 bits per heavy atom. The summed E-state index contributed by atoms with van der Waals surface area (Å²) in [5.41, 5.74) is -0.381. The van der Waals surface area contributed by atoms with E-state index in [1.54, 1.807) is 12.1 Å². The molecule has 3 N–H and O–H groups in total. The van der Waals surface area contributed by atoms with E-state index >= 15 is 0 Å². The zero-order valence-corrected chi connectivity index (χ0v) is 11.8. The van der Waals surface area contributed by atoms with Crippen LogP contribution in [0.5, 0.6) is 17.2 Å². The first kappa shape index (κ1) is 14.5. The zero-order chi connectivity index (χ0) is 15.4. The highest BCUT2D eigenvalue weighted by Gasteiger charge is 2.13. The van der Waals surface area contributed by atoms with E-state index in [9.17, 15) is 9.59 Å². The van der Waals surface area contributed by atoms with E-state index in [-0.39, 0.29) is 5.69 Å². The van der Waals surface area contributed by atoms with E-state index in [2.05, 4.69) is 15.3 Å². The van der Waals surface area contributed by atoms with Gasteiger partial charge in [-0.15, -0.1) is 0 Å². The molecular weight excluding hydrogens is 278 g/mol. The number of hydrogen-bond acceptors (Lipinski definition) is 6. The molecule has 0 saturated carbocycles. The van der Waals surface area contributed by atoms with Crippen LogP contribution in [0.4, 0.5) is 11.4 Å². The second-order valence-corrected chi connectivity index (χ2v) is 4.02. The second kappa shape index (κ2) is 6.04. The molecule has 1 heterocycles. The van der Waals surface area contributed by atoms with Crippen LogP contribution < -0.4 is 30.8 Å². The number of aromatic amines is 2. The largest absolute Gasteiger partial charge is 0.493 e. The number of aromatic nitrogens is 2. The Morgan fingerprint density at radius 1 is 1.00 bits per heavy atom. The molecule has 0 amide bonds. The monoisotopic (exact) mass is 293 g/mol. The molecule has 8 heteroatoms. The molecule has 1 aromatic carbocycles. The van der Waals surface area contributed by atoms with Gasteiger partial charge in [-0.3, -0.25) is 9.78 Å². The molecule has 0 aliphatic heterocycles. The fourth-order valence-corrected chi connectivity index (χ4v) is 1.81. The number of anilines is 2. The van der Waals surface area contributed by atoms with Crippen molar-refractivity contribution in [2.45, 2.75) is 0 Å². The Hall–Kier alpha value is -2.90. The van der Waals surface area contributed by atoms with E-state index in [1.165, 1.54) is 27.5 Å². The van der Waals surface area contributed by atoms with Crippen molar-refractivity contribution in [3.05, 3.63) is 39.2 Å². The third-order valence-corrected chi connectivity index (χ3v) is 2.76. The highest BCUT2D eigenvalue weighted by atomic mass is 16.5. The standard InChI is InChI=1S/C13H15N3O5/c1-19-9-4-7(5-10(20-2)11(9)21-3)15-8-6-14-13(18)16-12(8)17/h4-6,15H,1-3H3,(H2,14,16,17,18). The molecule has 0 aliphatic rings. The van der Waals surface area contributed by atoms with Crippen LogP contribution in [0.3, 0.4) is 0 Å². The van der Waals surface area contributed by atoms with Crippen LogP contribution in [-0.4, -0.2) is 31.3 Å². The summed E-state index contributed by atoms with van der Waals surface area (Å²) in [6.45, 7) is 0. The maximum atomic E-state index is 11.7. The summed E-state index contributed by atoms with van der Waals surface area (Å²) in [5.74, 6) is 1.33. The summed E-state index contributed by atoms with van der Waals surface area (Å²) < 4.78 is 15.6. The van der Waals surface area contributed by atoms with Gasteiger partial charge >= 0.3 is 5.69 Å². The number of benzene rings is 1. The third kappa shape index (κ3) is 2.99. The number of ether oxygens (including phenoxy) is 3. The molecule has 0 spiro atoms. The lowest BCUT2D eigenvalue weighted by molar-refractivity contribution is 0.324. The van der Waals surface area contributed by atoms with Gasteiger partial charge in [-0.1, -0.05) is 0 Å². The van der Waals surface area contributed by atoms with Crippen LogP contribution in [0.25, 0.3) is 0 Å². The normalized spacial score (nSPS) is 10.0. The SMILES string of the molecule is COc1cc(Nc2c[nH]c(=O)[nH]c2=O)cc(OC)c1OC. The highest BCUT2D eigenvalue weighted by molar-refractivity contribution is 5.67. The first-order valence-corrected chi connectivity index (χ1v) is 5.98. The van der Waals surface area contributed by atoms with Crippen molar-refractivity contribution in [1.29, 1.82) is 0 Å². The summed E-state index contributed by atoms with van der Waals surface area (Å²) in [6.07, 6.45) is 1.28. The lowest BCUT2D eigenvalue weighted by Crippen LogP contribution is -2.23. The average Bonchev–Trinajstić information content (AvgIpc) is 2.49. The lowest BCUT2D eigenvalue weighted by Gasteiger charge is -2.14. The third-order valence-electron chi connectivity index (χ3n) is 2.76. The minimum absolute atomic E-state index is 0.184. The molecule has 0 bridgehead atoms. The van der Waals surface area contributed by atoms with Crippen LogP contribution in [0.1, 0.15) is 0 Å². The maximum Gasteiger partial charge on any atom is 0.325 e. The first-order valence-electron chi connectivity index (χ1n) is 5.98. The van der Waals surface area contributed by atoms with E-state index < -0.39 is 11.2 Å². The Kier molecular flexibility index (Phi) is 4.17. The van der Waals surface area contributed by atoms with Crippen LogP contribution in [0, 0.1) is 0 Å². The molecule has 0 fully saturated rings. The summed E-state index contributed by atoms with van der Waals surface area (Å²) in [4.78, 5) is 27.1. The fourth-order valence-electron chi connectivity index (χ4n) is 1.81. The van der Waals surface area contributed by atoms with Crippen LogP contribution in [-0.2, 0) is 0 Å². The molecule has 2 aromatic rings. The lowest BCUT2D eigenvalue weighted by atomic mass is 10.2. The molecule has 0 radical (unpaired) electrons. The number of rotatable bonds is 5. The number of H-pyrrole nitrogens is 2. The number of hydrogen-bond donors (Lipinski definition) is 3. The topological polar surface area (TPSA) is 105 Å². The van der Waals surface area contributed by atoms with Crippen molar-refractivity contribution in [1.82, 2.24) is 9.97 Å². The molecule has 8 nitrogen and oxygen atoms in total. The van der Waals surface area contributed by atoms with Gasteiger partial charge in [-0.25, -0.2) is 4.79 Å². The van der Waals surface area contributed by atoms with E-state index in [4.69, 9.17) is 14.2 Å². The van der Waals surface area contributed by atoms with Crippen molar-refractivity contribution in [2.24, 2.45) is 0 Å². The number of nitrogens with one attached hydrogen (secondary N) is 3. The van der Waals surface area contributed by atoms with Gasteiger partial charge in [0.05, 0.1) is 21.3 Å². The predicted molar refractivity (Wildman–Crippen MR) is 77.1 cm³/mol. The fraction of sp³-hybridized carbons (Fsp3) is 0.231. The van der Waals surface area contributed by atoms with Crippen LogP contribution in [0.15, 0.2) is 27.9 Å². The van der Waals surface area contributed by atoms with Crippen LogP contribution >= 0.6 is 0 Å². The van der Waals surface area contributed by atoms with Gasteiger partial charge in [0, 0.05) is 24.0 Å². The molecule has 112 valence electrons. The van der Waals surface area contributed by atoms with Crippen molar-refractivity contribution in [2.75, 3.05) is 26.6 Å². The van der Waals surface area contributed by atoms with Gasteiger partial charge in [0.15, 0.2) is 11.5 Å². The molecule has 0 unspecified atom stereocenters. The molecule has 2 rings (SSSR count). The zero-order valence-electron chi connectivity index (χ0n) is 11.8. The summed E-state index contributed by atoms with van der Waals surface area (Å²) in [5, 5.41) is 2.87. The van der Waals surface area contributed by atoms with E-state index in [0.29, 0.717) is 22.9 Å². The molecule has 1 aromatic heterocycles. The Morgan fingerprint density at radius 3 is 2.10 bits per heavy atom. The molecule has 0 atom stereocenters. The van der Waals surface area contributed by atoms with E-state index in [0.717, 1.165) is 0 Å². The van der Waals surface area contributed by atoms with Crippen molar-refractivity contribution in [3.8, 4) is 17.2 Å². The summed E-state index contributed by atoms with van der Waals surface area (Å²) >= 11 is 0. The Balaban J connectivity index is 2.44. The molecule has 0 saturated heterocycles. The Labute approximate surface area is 119 Å². The maximum absolute atomic E-state index is 11.7. The summed E-state index contributed by atoms with van der Waals surface area (Å²) in [7, 11) is 4.49. The van der Waals surface area contributed by atoms with Gasteiger partial charge in [-0.05, 0) is 0 Å². The van der Waals surface area contributed by atoms with Gasteiger partial charge in [0.2, 0.25) is 5.75 Å². The van der Waals surface area contributed by atoms with Crippen molar-refractivity contribution in [3.63, 3.8) is 0 Å². The summed E-state index contributed by atoms with van der Waals surface area (Å²) in [6, 6.07) is 3.29. The average molecular weight is 293 g/mol. The highest BCUT2D eigenvalue weighted by Crippen LogP contribution is 2.40. The van der Waals surface area contributed by atoms with Gasteiger partial charge in [0.1, 0.15) is 5.69 Å². The van der Waals surface area contributed by atoms with Crippen molar-refractivity contribution >= 4 is 11.4 Å². The van der Waals surface area contributed by atoms with E-state index in [1.807, 2.05) is 0 Å².